The largest absolute Gasteiger partial charge is 0.480 e. The van der Waals surface area contributed by atoms with E-state index in [0.29, 0.717) is 4.90 Å². The minimum atomic E-state index is -1.20. The number of thioether (sulfide) groups is 1. The molecule has 0 saturated heterocycles. The van der Waals surface area contributed by atoms with Crippen LogP contribution in [0, 0.1) is 21.4 Å². The summed E-state index contributed by atoms with van der Waals surface area (Å²) in [6.45, 7) is 1.20. The normalized spacial score (nSPS) is 11.2. The Bertz CT molecular complexity index is 626. The average molecular weight is 309 g/mol. The Morgan fingerprint density at radius 3 is 2.71 bits per heavy atom. The summed E-state index contributed by atoms with van der Waals surface area (Å²) < 4.78 is 0. The highest BCUT2D eigenvalue weighted by Crippen LogP contribution is 2.26. The van der Waals surface area contributed by atoms with Gasteiger partial charge >= 0.3 is 5.97 Å². The number of carbonyl (C=O) groups excluding carboxylic acids is 1. The van der Waals surface area contributed by atoms with Gasteiger partial charge in [-0.05, 0) is 6.07 Å². The molecule has 2 N–H and O–H groups in total. The number of carbonyl (C=O) groups is 2. The SMILES string of the molecule is CC(=O)N[C@@H](CSc1ccc([N+](=O)[O-])cc1C#N)C(=O)O. The average Bonchev–Trinajstić information content (AvgIpc) is 2.42. The predicted octanol–water partition coefficient (Wildman–Crippen LogP) is 1.15. The first-order valence-corrected chi connectivity index (χ1v) is 6.65. The molecule has 1 rings (SSSR count). The van der Waals surface area contributed by atoms with Crippen molar-refractivity contribution in [2.75, 3.05) is 5.75 Å². The fourth-order valence-corrected chi connectivity index (χ4v) is 2.43. The fourth-order valence-electron chi connectivity index (χ4n) is 1.44. The van der Waals surface area contributed by atoms with E-state index in [-0.39, 0.29) is 17.0 Å². The summed E-state index contributed by atoms with van der Waals surface area (Å²) in [6.07, 6.45) is 0. The zero-order valence-corrected chi connectivity index (χ0v) is 11.7. The summed E-state index contributed by atoms with van der Waals surface area (Å²) >= 11 is 1.03. The third-order valence-electron chi connectivity index (χ3n) is 2.38. The van der Waals surface area contributed by atoms with Gasteiger partial charge in [-0.3, -0.25) is 14.9 Å². The quantitative estimate of drug-likeness (QED) is 0.457. The first-order chi connectivity index (χ1) is 9.85. The molecular formula is C12H11N3O5S. The van der Waals surface area contributed by atoms with Gasteiger partial charge in [0.1, 0.15) is 12.1 Å². The highest BCUT2D eigenvalue weighted by Gasteiger charge is 2.20. The Hall–Kier alpha value is -2.60. The Labute approximate surface area is 123 Å². The summed E-state index contributed by atoms with van der Waals surface area (Å²) in [6, 6.07) is 4.46. The molecule has 0 aromatic heterocycles. The number of nitrogens with one attached hydrogen (secondary N) is 1. The van der Waals surface area contributed by atoms with Gasteiger partial charge in [0.15, 0.2) is 0 Å². The van der Waals surface area contributed by atoms with E-state index in [0.717, 1.165) is 17.8 Å². The lowest BCUT2D eigenvalue weighted by molar-refractivity contribution is -0.384. The number of nitro benzene ring substituents is 1. The van der Waals surface area contributed by atoms with Crippen LogP contribution in [0.3, 0.4) is 0 Å². The van der Waals surface area contributed by atoms with Crippen molar-refractivity contribution in [1.82, 2.24) is 5.32 Å². The Balaban J connectivity index is 2.87. The molecule has 21 heavy (non-hydrogen) atoms. The second kappa shape index (κ2) is 7.25. The molecule has 0 unspecified atom stereocenters. The molecule has 0 aliphatic rings. The third-order valence-corrected chi connectivity index (χ3v) is 3.54. The number of rotatable bonds is 6. The second-order valence-electron chi connectivity index (χ2n) is 3.95. The van der Waals surface area contributed by atoms with Crippen LogP contribution in [0.2, 0.25) is 0 Å². The van der Waals surface area contributed by atoms with E-state index in [4.69, 9.17) is 10.4 Å². The van der Waals surface area contributed by atoms with E-state index >= 15 is 0 Å². The molecule has 0 heterocycles. The third kappa shape index (κ3) is 4.77. The van der Waals surface area contributed by atoms with Crippen molar-refractivity contribution in [3.8, 4) is 6.07 Å². The Morgan fingerprint density at radius 1 is 1.57 bits per heavy atom. The Kier molecular flexibility index (Phi) is 5.68. The smallest absolute Gasteiger partial charge is 0.327 e. The highest BCUT2D eigenvalue weighted by atomic mass is 32.2. The summed E-state index contributed by atoms with van der Waals surface area (Å²) in [4.78, 5) is 32.3. The summed E-state index contributed by atoms with van der Waals surface area (Å²) in [5, 5.41) is 30.8. The molecule has 0 fully saturated rings. The van der Waals surface area contributed by atoms with Crippen LogP contribution >= 0.6 is 11.8 Å². The molecule has 0 bridgehead atoms. The maximum atomic E-state index is 11.0. The number of hydrogen-bond donors (Lipinski definition) is 2. The minimum absolute atomic E-state index is 0.00139. The van der Waals surface area contributed by atoms with E-state index < -0.39 is 22.8 Å². The van der Waals surface area contributed by atoms with Crippen molar-refractivity contribution in [2.45, 2.75) is 17.9 Å². The number of aliphatic carboxylic acids is 1. The van der Waals surface area contributed by atoms with Gasteiger partial charge in [0.25, 0.3) is 5.69 Å². The fraction of sp³-hybridized carbons (Fsp3) is 0.250. The first kappa shape index (κ1) is 16.5. The van der Waals surface area contributed by atoms with Crippen molar-refractivity contribution < 1.29 is 19.6 Å². The predicted molar refractivity (Wildman–Crippen MR) is 73.8 cm³/mol. The van der Waals surface area contributed by atoms with Crippen molar-refractivity contribution in [1.29, 1.82) is 5.26 Å². The first-order valence-electron chi connectivity index (χ1n) is 5.66. The topological polar surface area (TPSA) is 133 Å². The zero-order valence-electron chi connectivity index (χ0n) is 10.9. The van der Waals surface area contributed by atoms with Crippen LogP contribution in [-0.4, -0.2) is 33.7 Å². The molecule has 110 valence electrons. The van der Waals surface area contributed by atoms with Gasteiger partial charge in [0, 0.05) is 29.7 Å². The number of carboxylic acid groups (broad SMARTS) is 1. The van der Waals surface area contributed by atoms with Gasteiger partial charge in [-0.25, -0.2) is 4.79 Å². The highest BCUT2D eigenvalue weighted by molar-refractivity contribution is 7.99. The maximum absolute atomic E-state index is 11.0. The van der Waals surface area contributed by atoms with Crippen LogP contribution in [0.5, 0.6) is 0 Å². The molecule has 0 saturated carbocycles. The monoisotopic (exact) mass is 309 g/mol. The van der Waals surface area contributed by atoms with E-state index in [1.807, 2.05) is 6.07 Å². The summed E-state index contributed by atoms with van der Waals surface area (Å²) in [7, 11) is 0. The molecule has 0 radical (unpaired) electrons. The van der Waals surface area contributed by atoms with Gasteiger partial charge in [-0.15, -0.1) is 11.8 Å². The second-order valence-corrected chi connectivity index (χ2v) is 5.01. The number of hydrogen-bond acceptors (Lipinski definition) is 6. The van der Waals surface area contributed by atoms with Gasteiger partial charge < -0.3 is 10.4 Å². The van der Waals surface area contributed by atoms with Gasteiger partial charge in [-0.1, -0.05) is 0 Å². The zero-order chi connectivity index (χ0) is 16.0. The van der Waals surface area contributed by atoms with E-state index in [1.54, 1.807) is 0 Å². The van der Waals surface area contributed by atoms with Gasteiger partial charge in [0.05, 0.1) is 10.5 Å². The number of non-ortho nitro benzene ring substituents is 1. The molecule has 1 amide bonds. The van der Waals surface area contributed by atoms with E-state index in [9.17, 15) is 19.7 Å². The van der Waals surface area contributed by atoms with Crippen molar-refractivity contribution >= 4 is 29.3 Å². The van der Waals surface area contributed by atoms with Crippen molar-refractivity contribution in [2.24, 2.45) is 0 Å². The summed E-state index contributed by atoms with van der Waals surface area (Å²) in [5.41, 5.74) is -0.131. The number of nitrogens with zero attached hydrogens (tertiary/aromatic N) is 2. The lowest BCUT2D eigenvalue weighted by Gasteiger charge is -2.13. The van der Waals surface area contributed by atoms with Crippen molar-refractivity contribution in [3.05, 3.63) is 33.9 Å². The van der Waals surface area contributed by atoms with Crippen molar-refractivity contribution in [3.63, 3.8) is 0 Å². The minimum Gasteiger partial charge on any atom is -0.480 e. The van der Waals surface area contributed by atoms with Crippen LogP contribution in [0.15, 0.2) is 23.1 Å². The number of carboxylic acids is 1. The molecule has 1 aromatic rings. The van der Waals surface area contributed by atoms with E-state index in [2.05, 4.69) is 5.32 Å². The number of amides is 1. The van der Waals surface area contributed by atoms with Gasteiger partial charge in [-0.2, -0.15) is 5.26 Å². The molecule has 9 heteroatoms. The van der Waals surface area contributed by atoms with Crippen LogP contribution in [-0.2, 0) is 9.59 Å². The maximum Gasteiger partial charge on any atom is 0.327 e. The number of nitro groups is 1. The molecule has 1 aromatic carbocycles. The number of nitriles is 1. The van der Waals surface area contributed by atoms with Gasteiger partial charge in [0.2, 0.25) is 5.91 Å². The lowest BCUT2D eigenvalue weighted by atomic mass is 10.2. The molecule has 0 aliphatic carbocycles. The number of benzene rings is 1. The van der Waals surface area contributed by atoms with Crippen LogP contribution in [0.25, 0.3) is 0 Å². The van der Waals surface area contributed by atoms with Crippen LogP contribution < -0.4 is 5.32 Å². The summed E-state index contributed by atoms with van der Waals surface area (Å²) in [5.74, 6) is -1.67. The molecule has 8 nitrogen and oxygen atoms in total. The molecule has 0 aliphatic heterocycles. The van der Waals surface area contributed by atoms with Crippen LogP contribution in [0.4, 0.5) is 5.69 Å². The van der Waals surface area contributed by atoms with Crippen LogP contribution in [0.1, 0.15) is 12.5 Å². The molecule has 0 spiro atoms. The molecular weight excluding hydrogens is 298 g/mol. The molecule has 1 atom stereocenters. The lowest BCUT2D eigenvalue weighted by Crippen LogP contribution is -2.41. The Morgan fingerprint density at radius 2 is 2.24 bits per heavy atom. The van der Waals surface area contributed by atoms with E-state index in [1.165, 1.54) is 19.1 Å². The standard InChI is InChI=1S/C12H11N3O5S/c1-7(16)14-10(12(17)18)6-21-11-3-2-9(15(19)20)4-8(11)5-13/h2-4,10H,6H2,1H3,(H,14,16)(H,17,18)/t10-/m0/s1.